The third-order valence-corrected chi connectivity index (χ3v) is 2.16. The lowest BCUT2D eigenvalue weighted by Crippen LogP contribution is -2.24. The first-order valence-electron chi connectivity index (χ1n) is 3.29. The van der Waals surface area contributed by atoms with Gasteiger partial charge in [0.25, 0.3) is 0 Å². The molecule has 0 aromatic rings. The molecule has 0 saturated carbocycles. The zero-order valence-corrected chi connectivity index (χ0v) is 7.50. The summed E-state index contributed by atoms with van der Waals surface area (Å²) in [4.78, 5) is 21.0. The van der Waals surface area contributed by atoms with Crippen molar-refractivity contribution in [2.45, 2.75) is 6.92 Å². The second-order valence-corrected chi connectivity index (χ2v) is 3.18. The van der Waals surface area contributed by atoms with E-state index in [1.54, 1.807) is 6.92 Å². The van der Waals surface area contributed by atoms with Crippen LogP contribution >= 0.6 is 11.8 Å². The summed E-state index contributed by atoms with van der Waals surface area (Å²) in [7, 11) is 0. The van der Waals surface area contributed by atoms with Gasteiger partial charge in [0.1, 0.15) is 0 Å². The van der Waals surface area contributed by atoms with Crippen molar-refractivity contribution in [3.8, 4) is 0 Å². The number of carbonyl (C=O) groups is 2. The molecule has 0 unspecified atom stereocenters. The van der Waals surface area contributed by atoms with E-state index in [1.807, 2.05) is 16.7 Å². The first-order chi connectivity index (χ1) is 5.54. The van der Waals surface area contributed by atoms with E-state index in [0.717, 1.165) is 18.2 Å². The molecule has 1 amide bonds. The average molecular weight is 193 g/mol. The van der Waals surface area contributed by atoms with Crippen LogP contribution in [0.25, 0.3) is 0 Å². The van der Waals surface area contributed by atoms with Gasteiger partial charge in [-0.3, -0.25) is 4.79 Å². The summed E-state index contributed by atoms with van der Waals surface area (Å²) in [6, 6.07) is 0. The lowest BCUT2D eigenvalue weighted by molar-refractivity contribution is -0.127. The van der Waals surface area contributed by atoms with Gasteiger partial charge < -0.3 is 15.1 Å². The van der Waals surface area contributed by atoms with Crippen LogP contribution in [0, 0.1) is 0 Å². The molecule has 1 saturated heterocycles. The summed E-state index contributed by atoms with van der Waals surface area (Å²) in [6.45, 7) is 2.56. The average Bonchev–Trinajstić information content (AvgIpc) is 2.34. The second-order valence-electron chi connectivity index (χ2n) is 2.10. The van der Waals surface area contributed by atoms with Crippen LogP contribution in [0.2, 0.25) is 0 Å². The highest BCUT2D eigenvalue weighted by atomic mass is 32.2. The van der Waals surface area contributed by atoms with E-state index >= 15 is 0 Å². The molecule has 5 nitrogen and oxygen atoms in total. The number of amides is 1. The van der Waals surface area contributed by atoms with Gasteiger partial charge in [0.2, 0.25) is 5.91 Å². The van der Waals surface area contributed by atoms with E-state index in [2.05, 4.69) is 0 Å². The highest BCUT2D eigenvalue weighted by molar-refractivity contribution is 7.99. The van der Waals surface area contributed by atoms with Gasteiger partial charge in [-0.1, -0.05) is 0 Å². The maximum absolute atomic E-state index is 10.6. The molecule has 0 radical (unpaired) electrons. The number of hydrogen-bond acceptors (Lipinski definition) is 3. The monoisotopic (exact) mass is 193 g/mol. The van der Waals surface area contributed by atoms with Crippen molar-refractivity contribution in [1.82, 2.24) is 4.90 Å². The topological polar surface area (TPSA) is 77.8 Å². The zero-order valence-electron chi connectivity index (χ0n) is 6.69. The quantitative estimate of drug-likeness (QED) is 0.594. The number of thioether (sulfide) groups is 1. The molecule has 0 aliphatic carbocycles. The molecule has 1 rings (SSSR count). The van der Waals surface area contributed by atoms with E-state index in [4.69, 9.17) is 15.0 Å². The van der Waals surface area contributed by atoms with Crippen molar-refractivity contribution < 1.29 is 19.8 Å². The van der Waals surface area contributed by atoms with E-state index in [1.165, 1.54) is 0 Å². The van der Waals surface area contributed by atoms with Crippen LogP contribution in [-0.2, 0) is 4.79 Å². The van der Waals surface area contributed by atoms with Gasteiger partial charge in [0.15, 0.2) is 0 Å². The summed E-state index contributed by atoms with van der Waals surface area (Å²) in [5.74, 6) is 2.21. The fourth-order valence-corrected chi connectivity index (χ4v) is 1.67. The Morgan fingerprint density at radius 2 is 1.92 bits per heavy atom. The Bertz CT molecular complexity index is 163. The second kappa shape index (κ2) is 5.70. The predicted molar refractivity (Wildman–Crippen MR) is 45.4 cm³/mol. The molecule has 0 atom stereocenters. The van der Waals surface area contributed by atoms with Gasteiger partial charge in [-0.2, -0.15) is 0 Å². The Hall–Kier alpha value is -0.910. The Kier molecular flexibility index (Phi) is 5.27. The number of nitrogens with zero attached hydrogens (tertiary/aromatic N) is 1. The largest absolute Gasteiger partial charge is 0.503 e. The predicted octanol–water partition coefficient (Wildman–Crippen LogP) is 0.762. The molecular weight excluding hydrogens is 182 g/mol. The van der Waals surface area contributed by atoms with E-state index in [9.17, 15) is 4.79 Å². The fraction of sp³-hybridized carbons (Fsp3) is 0.667. The van der Waals surface area contributed by atoms with Crippen LogP contribution in [0.3, 0.4) is 0 Å². The molecule has 1 aliphatic heterocycles. The summed E-state index contributed by atoms with van der Waals surface area (Å²) in [5.41, 5.74) is 0. The molecule has 0 aromatic heterocycles. The first-order valence-corrected chi connectivity index (χ1v) is 4.44. The molecule has 6 heteroatoms. The Morgan fingerprint density at radius 1 is 1.42 bits per heavy atom. The van der Waals surface area contributed by atoms with Crippen LogP contribution in [0.15, 0.2) is 0 Å². The van der Waals surface area contributed by atoms with Gasteiger partial charge in [-0.15, -0.1) is 11.8 Å². The highest BCUT2D eigenvalue weighted by Crippen LogP contribution is 2.12. The lowest BCUT2D eigenvalue weighted by atomic mass is 10.6. The molecule has 70 valence electrons. The fourth-order valence-electron chi connectivity index (χ4n) is 0.662. The minimum atomic E-state index is -1.83. The van der Waals surface area contributed by atoms with E-state index in [0.29, 0.717) is 0 Å². The first kappa shape index (κ1) is 11.1. The van der Waals surface area contributed by atoms with Crippen molar-refractivity contribution in [3.05, 3.63) is 0 Å². The van der Waals surface area contributed by atoms with Gasteiger partial charge >= 0.3 is 6.16 Å². The normalized spacial score (nSPS) is 14.9. The minimum Gasteiger partial charge on any atom is -0.450 e. The van der Waals surface area contributed by atoms with Gasteiger partial charge in [0.05, 0.1) is 5.88 Å². The molecule has 0 bridgehead atoms. The lowest BCUT2D eigenvalue weighted by Gasteiger charge is -2.08. The molecule has 12 heavy (non-hydrogen) atoms. The zero-order chi connectivity index (χ0) is 9.56. The summed E-state index contributed by atoms with van der Waals surface area (Å²) >= 11 is 1.82. The molecular formula is C6H11NO4S. The van der Waals surface area contributed by atoms with E-state index in [-0.39, 0.29) is 5.91 Å². The Balaban J connectivity index is 0.000000261. The van der Waals surface area contributed by atoms with Crippen LogP contribution in [-0.4, -0.2) is 45.3 Å². The van der Waals surface area contributed by atoms with Gasteiger partial charge in [0, 0.05) is 19.2 Å². The summed E-state index contributed by atoms with van der Waals surface area (Å²) in [6.07, 6.45) is -1.83. The summed E-state index contributed by atoms with van der Waals surface area (Å²) in [5, 5.41) is 13.9. The molecule has 2 N–H and O–H groups in total. The maximum atomic E-state index is 10.6. The number of hydrogen-bond donors (Lipinski definition) is 2. The standard InChI is InChI=1S/C5H9NOS.CH2O3/c1-5(7)6-2-3-8-4-6;2-1(3)4/h2-4H2,1H3;(H2,2,3,4). The molecule has 0 aromatic carbocycles. The van der Waals surface area contributed by atoms with Crippen LogP contribution < -0.4 is 0 Å². The number of carbonyl (C=O) groups excluding carboxylic acids is 1. The van der Waals surface area contributed by atoms with Crippen molar-refractivity contribution in [2.24, 2.45) is 0 Å². The highest BCUT2D eigenvalue weighted by Gasteiger charge is 2.12. The SMILES string of the molecule is CC(=O)N1CCSC1.O=C(O)O. The molecule has 1 fully saturated rings. The van der Waals surface area contributed by atoms with Crippen LogP contribution in [0.4, 0.5) is 4.79 Å². The van der Waals surface area contributed by atoms with Crippen molar-refractivity contribution in [2.75, 3.05) is 18.2 Å². The van der Waals surface area contributed by atoms with Crippen molar-refractivity contribution in [1.29, 1.82) is 0 Å². The van der Waals surface area contributed by atoms with Gasteiger partial charge in [-0.05, 0) is 0 Å². The number of rotatable bonds is 0. The van der Waals surface area contributed by atoms with E-state index < -0.39 is 6.16 Å². The Labute approximate surface area is 74.4 Å². The van der Waals surface area contributed by atoms with Gasteiger partial charge in [-0.25, -0.2) is 4.79 Å². The number of carboxylic acid groups (broad SMARTS) is 2. The maximum Gasteiger partial charge on any atom is 0.503 e. The summed E-state index contributed by atoms with van der Waals surface area (Å²) < 4.78 is 0. The Morgan fingerprint density at radius 3 is 2.08 bits per heavy atom. The molecule has 0 spiro atoms. The third-order valence-electron chi connectivity index (χ3n) is 1.20. The van der Waals surface area contributed by atoms with Crippen LogP contribution in [0.5, 0.6) is 0 Å². The third kappa shape index (κ3) is 5.84. The molecule has 1 heterocycles. The smallest absolute Gasteiger partial charge is 0.450 e. The van der Waals surface area contributed by atoms with Crippen molar-refractivity contribution in [3.63, 3.8) is 0 Å². The van der Waals surface area contributed by atoms with Crippen LogP contribution in [0.1, 0.15) is 6.92 Å². The van der Waals surface area contributed by atoms with Crippen molar-refractivity contribution >= 4 is 23.8 Å². The molecule has 1 aliphatic rings. The minimum absolute atomic E-state index is 0.204.